The molecule has 5 heteroatoms. The summed E-state index contributed by atoms with van der Waals surface area (Å²) in [6.45, 7) is 6.42. The molecule has 0 aliphatic carbocycles. The third-order valence-electron chi connectivity index (χ3n) is 3.50. The number of esters is 1. The maximum Gasteiger partial charge on any atom is 0.319 e. The topological polar surface area (TPSA) is 68.1 Å². The molecule has 1 aliphatic rings. The second-order valence-corrected chi connectivity index (χ2v) is 5.96. The van der Waals surface area contributed by atoms with Gasteiger partial charge < -0.3 is 14.7 Å². The number of hydrogen-bond donors (Lipinski definition) is 1. The minimum Gasteiger partial charge on any atom is -0.508 e. The lowest BCUT2D eigenvalue weighted by Crippen LogP contribution is -2.34. The van der Waals surface area contributed by atoms with Crippen LogP contribution < -0.4 is 0 Å². The van der Waals surface area contributed by atoms with Gasteiger partial charge in [-0.1, -0.05) is 32.3 Å². The molecule has 0 saturated carbocycles. The second kappa shape index (κ2) is 7.29. The molecule has 0 spiro atoms. The van der Waals surface area contributed by atoms with Crippen molar-refractivity contribution in [3.05, 3.63) is 29.8 Å². The number of carbonyl (C=O) groups is 1. The van der Waals surface area contributed by atoms with E-state index in [4.69, 9.17) is 9.57 Å². The van der Waals surface area contributed by atoms with Crippen LogP contribution in [0.15, 0.2) is 29.4 Å². The van der Waals surface area contributed by atoms with Crippen LogP contribution in [0.25, 0.3) is 0 Å². The number of phenolic OH excluding ortho intramolecular Hbond substituents is 1. The normalized spacial score (nSPS) is 20.6. The molecule has 0 saturated heterocycles. The summed E-state index contributed by atoms with van der Waals surface area (Å²) in [7, 11) is 0. The number of aromatic hydroxyl groups is 1. The first-order chi connectivity index (χ1) is 10.5. The van der Waals surface area contributed by atoms with Crippen molar-refractivity contribution in [1.29, 1.82) is 0 Å². The van der Waals surface area contributed by atoms with E-state index in [0.717, 1.165) is 18.4 Å². The summed E-state index contributed by atoms with van der Waals surface area (Å²) >= 11 is 0. The number of benzene rings is 1. The number of hydrogen-bond acceptors (Lipinski definition) is 5. The van der Waals surface area contributed by atoms with Gasteiger partial charge in [0.05, 0.1) is 6.61 Å². The van der Waals surface area contributed by atoms with E-state index in [0.29, 0.717) is 12.3 Å². The fourth-order valence-corrected chi connectivity index (χ4v) is 2.39. The van der Waals surface area contributed by atoms with Gasteiger partial charge in [-0.15, -0.1) is 0 Å². The molecule has 22 heavy (non-hydrogen) atoms. The van der Waals surface area contributed by atoms with E-state index in [2.05, 4.69) is 5.16 Å². The number of carbonyl (C=O) groups excluding carboxylic acids is 1. The molecule has 1 aromatic carbocycles. The molecule has 0 aromatic heterocycles. The highest BCUT2D eigenvalue weighted by molar-refractivity contribution is 6.12. The van der Waals surface area contributed by atoms with Crippen molar-refractivity contribution in [2.24, 2.45) is 17.0 Å². The average molecular weight is 305 g/mol. The predicted octanol–water partition coefficient (Wildman–Crippen LogP) is 3.11. The highest BCUT2D eigenvalue weighted by Gasteiger charge is 2.41. The smallest absolute Gasteiger partial charge is 0.319 e. The summed E-state index contributed by atoms with van der Waals surface area (Å²) in [6.07, 6.45) is 1.36. The molecule has 0 fully saturated rings. The van der Waals surface area contributed by atoms with Crippen molar-refractivity contribution in [2.45, 2.75) is 39.7 Å². The van der Waals surface area contributed by atoms with E-state index in [1.807, 2.05) is 20.8 Å². The first-order valence-corrected chi connectivity index (χ1v) is 7.72. The largest absolute Gasteiger partial charge is 0.508 e. The molecule has 1 N–H and O–H groups in total. The summed E-state index contributed by atoms with van der Waals surface area (Å²) in [5, 5.41) is 13.5. The molecule has 0 amide bonds. The van der Waals surface area contributed by atoms with Crippen molar-refractivity contribution < 1.29 is 19.5 Å². The van der Waals surface area contributed by atoms with Crippen molar-refractivity contribution in [3.8, 4) is 5.75 Å². The molecule has 0 bridgehead atoms. The Balaban J connectivity index is 2.19. The maximum absolute atomic E-state index is 12.5. The molecule has 5 nitrogen and oxygen atoms in total. The minimum atomic E-state index is -0.511. The van der Waals surface area contributed by atoms with Gasteiger partial charge in [-0.2, -0.15) is 0 Å². The lowest BCUT2D eigenvalue weighted by atomic mass is 9.90. The van der Waals surface area contributed by atoms with Gasteiger partial charge in [0, 0.05) is 5.56 Å². The van der Waals surface area contributed by atoms with Gasteiger partial charge in [-0.05, 0) is 36.6 Å². The number of rotatable bonds is 6. The quantitative estimate of drug-likeness (QED) is 0.820. The standard InChI is InChI=1S/C17H23NO4/c1-4-5-14-15(17(20)21-10-11(2)3)16(18-22-14)12-6-8-13(19)9-7-12/h6-9,11,14-15,19H,4-5,10H2,1-3H3. The zero-order chi connectivity index (χ0) is 16.1. The van der Waals surface area contributed by atoms with Crippen LogP contribution in [0.1, 0.15) is 39.2 Å². The summed E-state index contributed by atoms with van der Waals surface area (Å²) in [5.41, 5.74) is 1.34. The second-order valence-electron chi connectivity index (χ2n) is 5.96. The number of ether oxygens (including phenoxy) is 1. The van der Waals surface area contributed by atoms with Crippen LogP contribution in [0, 0.1) is 11.8 Å². The lowest BCUT2D eigenvalue weighted by Gasteiger charge is -2.18. The van der Waals surface area contributed by atoms with Crippen LogP contribution >= 0.6 is 0 Å². The van der Waals surface area contributed by atoms with E-state index < -0.39 is 5.92 Å². The lowest BCUT2D eigenvalue weighted by molar-refractivity contribution is -0.150. The van der Waals surface area contributed by atoms with E-state index in [-0.39, 0.29) is 23.7 Å². The summed E-state index contributed by atoms with van der Waals surface area (Å²) in [6, 6.07) is 6.60. The molecule has 1 aliphatic heterocycles. The molecule has 1 aromatic rings. The van der Waals surface area contributed by atoms with Crippen LogP contribution in [-0.4, -0.2) is 29.5 Å². The molecule has 0 radical (unpaired) electrons. The van der Waals surface area contributed by atoms with Crippen LogP contribution in [0.4, 0.5) is 0 Å². The Morgan fingerprint density at radius 3 is 2.64 bits per heavy atom. The van der Waals surface area contributed by atoms with Crippen molar-refractivity contribution >= 4 is 11.7 Å². The molecule has 1 heterocycles. The summed E-state index contributed by atoms with van der Waals surface area (Å²) in [5.74, 6) is -0.350. The molecular weight excluding hydrogens is 282 g/mol. The molecular formula is C17H23NO4. The highest BCUT2D eigenvalue weighted by Crippen LogP contribution is 2.28. The monoisotopic (exact) mass is 305 g/mol. The zero-order valence-corrected chi connectivity index (χ0v) is 13.3. The Morgan fingerprint density at radius 1 is 1.36 bits per heavy atom. The van der Waals surface area contributed by atoms with Crippen LogP contribution in [-0.2, 0) is 14.4 Å². The fourth-order valence-electron chi connectivity index (χ4n) is 2.39. The highest BCUT2D eigenvalue weighted by atomic mass is 16.6. The van der Waals surface area contributed by atoms with Gasteiger partial charge in [0.1, 0.15) is 23.5 Å². The number of oxime groups is 1. The van der Waals surface area contributed by atoms with Crippen LogP contribution in [0.3, 0.4) is 0 Å². The Labute approximate surface area is 130 Å². The fraction of sp³-hybridized carbons (Fsp3) is 0.529. The SMILES string of the molecule is CCCC1ON=C(c2ccc(O)cc2)C1C(=O)OCC(C)C. The van der Waals surface area contributed by atoms with Crippen molar-refractivity contribution in [3.63, 3.8) is 0 Å². The predicted molar refractivity (Wildman–Crippen MR) is 83.7 cm³/mol. The first kappa shape index (κ1) is 16.3. The van der Waals surface area contributed by atoms with E-state index in [1.54, 1.807) is 24.3 Å². The third-order valence-corrected chi connectivity index (χ3v) is 3.50. The Hall–Kier alpha value is -2.04. The number of phenols is 1. The van der Waals surface area contributed by atoms with E-state index in [9.17, 15) is 9.90 Å². The van der Waals surface area contributed by atoms with Gasteiger partial charge in [0.15, 0.2) is 0 Å². The average Bonchev–Trinajstić information content (AvgIpc) is 2.90. The van der Waals surface area contributed by atoms with Crippen molar-refractivity contribution in [2.75, 3.05) is 6.61 Å². The molecule has 120 valence electrons. The van der Waals surface area contributed by atoms with E-state index >= 15 is 0 Å². The Morgan fingerprint density at radius 2 is 2.05 bits per heavy atom. The van der Waals surface area contributed by atoms with Gasteiger partial charge in [-0.3, -0.25) is 4.79 Å². The van der Waals surface area contributed by atoms with Gasteiger partial charge in [0.2, 0.25) is 0 Å². The first-order valence-electron chi connectivity index (χ1n) is 7.72. The van der Waals surface area contributed by atoms with Crippen LogP contribution in [0.2, 0.25) is 0 Å². The van der Waals surface area contributed by atoms with Crippen LogP contribution in [0.5, 0.6) is 5.75 Å². The van der Waals surface area contributed by atoms with E-state index in [1.165, 1.54) is 0 Å². The Kier molecular flexibility index (Phi) is 5.41. The summed E-state index contributed by atoms with van der Waals surface area (Å²) < 4.78 is 5.39. The third kappa shape index (κ3) is 3.78. The summed E-state index contributed by atoms with van der Waals surface area (Å²) in [4.78, 5) is 17.9. The number of nitrogens with zero attached hydrogens (tertiary/aromatic N) is 1. The minimum absolute atomic E-state index is 0.173. The zero-order valence-electron chi connectivity index (χ0n) is 13.3. The van der Waals surface area contributed by atoms with Crippen molar-refractivity contribution in [1.82, 2.24) is 0 Å². The van der Waals surface area contributed by atoms with Gasteiger partial charge >= 0.3 is 5.97 Å². The Bertz CT molecular complexity index is 536. The van der Waals surface area contributed by atoms with Gasteiger partial charge in [0.25, 0.3) is 0 Å². The van der Waals surface area contributed by atoms with Gasteiger partial charge in [-0.25, -0.2) is 0 Å². The molecule has 2 unspecified atom stereocenters. The maximum atomic E-state index is 12.5. The molecule has 2 atom stereocenters. The molecule has 2 rings (SSSR count).